The molecule has 0 aromatic heterocycles. The van der Waals surface area contributed by atoms with Crippen LogP contribution in [0, 0.1) is 5.92 Å². The van der Waals surface area contributed by atoms with Gasteiger partial charge in [0.15, 0.2) is 0 Å². The van der Waals surface area contributed by atoms with E-state index in [2.05, 4.69) is 5.32 Å². The van der Waals surface area contributed by atoms with Gasteiger partial charge in [-0.15, -0.1) is 0 Å². The highest BCUT2D eigenvalue weighted by atomic mass is 16.5. The van der Waals surface area contributed by atoms with Gasteiger partial charge >= 0.3 is 0 Å². The average molecular weight is 255 g/mol. The van der Waals surface area contributed by atoms with Gasteiger partial charge in [0.05, 0.1) is 0 Å². The zero-order chi connectivity index (χ0) is 13.1. The van der Waals surface area contributed by atoms with Crippen LogP contribution in [0.2, 0.25) is 0 Å². The van der Waals surface area contributed by atoms with E-state index in [1.807, 2.05) is 6.92 Å². The number of amides is 1. The Balaban J connectivity index is 1.88. The van der Waals surface area contributed by atoms with Gasteiger partial charge in [0.1, 0.15) is 0 Å². The lowest BCUT2D eigenvalue weighted by Gasteiger charge is -2.21. The summed E-state index contributed by atoms with van der Waals surface area (Å²) in [6.45, 7) is 4.27. The molecule has 1 rings (SSSR count). The van der Waals surface area contributed by atoms with E-state index >= 15 is 0 Å². The smallest absolute Gasteiger partial charge is 0.220 e. The van der Waals surface area contributed by atoms with Crippen molar-refractivity contribution in [3.63, 3.8) is 0 Å². The van der Waals surface area contributed by atoms with Gasteiger partial charge in [-0.05, 0) is 32.1 Å². The molecule has 1 saturated carbocycles. The van der Waals surface area contributed by atoms with Crippen molar-refractivity contribution < 1.29 is 9.53 Å². The molecular formula is C15H29NO2. The predicted octanol–water partition coefficient (Wildman–Crippen LogP) is 3.28. The zero-order valence-electron chi connectivity index (χ0n) is 11.9. The number of hydrogen-bond acceptors (Lipinski definition) is 2. The summed E-state index contributed by atoms with van der Waals surface area (Å²) in [5, 5.41) is 3.00. The van der Waals surface area contributed by atoms with Crippen LogP contribution in [0.1, 0.15) is 64.7 Å². The van der Waals surface area contributed by atoms with E-state index in [9.17, 15) is 4.79 Å². The molecule has 106 valence electrons. The Bertz CT molecular complexity index is 213. The van der Waals surface area contributed by atoms with E-state index in [0.717, 1.165) is 31.9 Å². The molecule has 0 saturated heterocycles. The molecule has 3 heteroatoms. The molecule has 0 aromatic carbocycles. The Kier molecular flexibility index (Phi) is 8.92. The molecule has 0 aliphatic heterocycles. The minimum Gasteiger partial charge on any atom is -0.382 e. The van der Waals surface area contributed by atoms with Crippen molar-refractivity contribution in [1.29, 1.82) is 0 Å². The number of carbonyl (C=O) groups excluding carboxylic acids is 1. The summed E-state index contributed by atoms with van der Waals surface area (Å²) in [6, 6.07) is 0. The Morgan fingerprint density at radius 2 is 2.00 bits per heavy atom. The molecule has 3 nitrogen and oxygen atoms in total. The maximum atomic E-state index is 11.5. The normalized spacial score (nSPS) is 16.7. The van der Waals surface area contributed by atoms with Crippen molar-refractivity contribution in [2.45, 2.75) is 64.7 Å². The maximum Gasteiger partial charge on any atom is 0.220 e. The molecule has 1 aliphatic carbocycles. The predicted molar refractivity (Wildman–Crippen MR) is 74.5 cm³/mol. The third-order valence-electron chi connectivity index (χ3n) is 3.73. The van der Waals surface area contributed by atoms with Gasteiger partial charge in [0.2, 0.25) is 5.91 Å². The largest absolute Gasteiger partial charge is 0.382 e. The molecule has 0 spiro atoms. The number of carbonyl (C=O) groups is 1. The number of nitrogens with one attached hydrogen (secondary N) is 1. The Labute approximate surface area is 112 Å². The van der Waals surface area contributed by atoms with E-state index in [-0.39, 0.29) is 5.91 Å². The van der Waals surface area contributed by atoms with Gasteiger partial charge in [-0.1, -0.05) is 32.1 Å². The Hall–Kier alpha value is -0.570. The van der Waals surface area contributed by atoms with Crippen LogP contribution in [0.25, 0.3) is 0 Å². The highest BCUT2D eigenvalue weighted by molar-refractivity contribution is 5.75. The van der Waals surface area contributed by atoms with Crippen molar-refractivity contribution in [3.05, 3.63) is 0 Å². The van der Waals surface area contributed by atoms with Crippen molar-refractivity contribution in [2.75, 3.05) is 19.8 Å². The Morgan fingerprint density at radius 3 is 2.72 bits per heavy atom. The molecule has 1 N–H and O–H groups in total. The van der Waals surface area contributed by atoms with E-state index in [1.54, 1.807) is 0 Å². The maximum absolute atomic E-state index is 11.5. The van der Waals surface area contributed by atoms with Gasteiger partial charge in [-0.25, -0.2) is 0 Å². The topological polar surface area (TPSA) is 38.3 Å². The van der Waals surface area contributed by atoms with Crippen LogP contribution in [0.3, 0.4) is 0 Å². The lowest BCUT2D eigenvalue weighted by Crippen LogP contribution is -2.25. The third kappa shape index (κ3) is 7.70. The van der Waals surface area contributed by atoms with Crippen molar-refractivity contribution >= 4 is 5.91 Å². The SMILES string of the molecule is CCOCCCC(=O)NCCCC1CCCCC1. The molecule has 1 fully saturated rings. The number of rotatable bonds is 9. The Morgan fingerprint density at radius 1 is 1.22 bits per heavy atom. The van der Waals surface area contributed by atoms with E-state index < -0.39 is 0 Å². The van der Waals surface area contributed by atoms with Crippen LogP contribution in [0.5, 0.6) is 0 Å². The van der Waals surface area contributed by atoms with Gasteiger partial charge < -0.3 is 10.1 Å². The minimum atomic E-state index is 0.179. The summed E-state index contributed by atoms with van der Waals surface area (Å²) in [6.07, 6.45) is 10.9. The van der Waals surface area contributed by atoms with Crippen molar-refractivity contribution in [2.24, 2.45) is 5.92 Å². The second-order valence-electron chi connectivity index (χ2n) is 5.30. The van der Waals surface area contributed by atoms with Crippen LogP contribution in [0.4, 0.5) is 0 Å². The van der Waals surface area contributed by atoms with E-state index in [4.69, 9.17) is 4.74 Å². The second kappa shape index (κ2) is 10.4. The first-order valence-electron chi connectivity index (χ1n) is 7.67. The first kappa shape index (κ1) is 15.5. The van der Waals surface area contributed by atoms with Crippen molar-refractivity contribution in [3.8, 4) is 0 Å². The van der Waals surface area contributed by atoms with Gasteiger partial charge in [-0.2, -0.15) is 0 Å². The molecule has 0 aromatic rings. The van der Waals surface area contributed by atoms with Crippen LogP contribution < -0.4 is 5.32 Å². The summed E-state index contributed by atoms with van der Waals surface area (Å²) >= 11 is 0. The molecule has 1 aliphatic rings. The molecule has 0 unspecified atom stereocenters. The summed E-state index contributed by atoms with van der Waals surface area (Å²) in [4.78, 5) is 11.5. The van der Waals surface area contributed by atoms with E-state index in [1.165, 1.54) is 38.5 Å². The molecule has 0 bridgehead atoms. The molecule has 0 radical (unpaired) electrons. The van der Waals surface area contributed by atoms with E-state index in [0.29, 0.717) is 13.0 Å². The molecule has 18 heavy (non-hydrogen) atoms. The molecule has 1 amide bonds. The van der Waals surface area contributed by atoms with Crippen LogP contribution in [0.15, 0.2) is 0 Å². The van der Waals surface area contributed by atoms with Gasteiger partial charge in [0, 0.05) is 26.2 Å². The number of ether oxygens (including phenoxy) is 1. The monoisotopic (exact) mass is 255 g/mol. The van der Waals surface area contributed by atoms with Crippen LogP contribution >= 0.6 is 0 Å². The third-order valence-corrected chi connectivity index (χ3v) is 3.73. The summed E-state index contributed by atoms with van der Waals surface area (Å²) < 4.78 is 5.21. The first-order chi connectivity index (χ1) is 8.83. The fraction of sp³-hybridized carbons (Fsp3) is 0.933. The second-order valence-corrected chi connectivity index (χ2v) is 5.30. The van der Waals surface area contributed by atoms with Crippen molar-refractivity contribution in [1.82, 2.24) is 5.32 Å². The molecule has 0 heterocycles. The summed E-state index contributed by atoms with van der Waals surface area (Å²) in [7, 11) is 0. The molecule has 0 atom stereocenters. The number of hydrogen-bond donors (Lipinski definition) is 1. The van der Waals surface area contributed by atoms with Crippen LogP contribution in [-0.4, -0.2) is 25.7 Å². The minimum absolute atomic E-state index is 0.179. The standard InChI is InChI=1S/C15H29NO2/c1-2-18-13-7-11-15(17)16-12-6-10-14-8-4-3-5-9-14/h14H,2-13H2,1H3,(H,16,17). The lowest BCUT2D eigenvalue weighted by atomic mass is 9.86. The fourth-order valence-corrected chi connectivity index (χ4v) is 2.66. The lowest BCUT2D eigenvalue weighted by molar-refractivity contribution is -0.121. The summed E-state index contributed by atoms with van der Waals surface area (Å²) in [5.74, 6) is 1.10. The highest BCUT2D eigenvalue weighted by Crippen LogP contribution is 2.26. The zero-order valence-corrected chi connectivity index (χ0v) is 11.9. The highest BCUT2D eigenvalue weighted by Gasteiger charge is 2.12. The summed E-state index contributed by atoms with van der Waals surface area (Å²) in [5.41, 5.74) is 0. The fourth-order valence-electron chi connectivity index (χ4n) is 2.66. The first-order valence-corrected chi connectivity index (χ1v) is 7.67. The van der Waals surface area contributed by atoms with Crippen LogP contribution in [-0.2, 0) is 9.53 Å². The van der Waals surface area contributed by atoms with Gasteiger partial charge in [-0.3, -0.25) is 4.79 Å². The quantitative estimate of drug-likeness (QED) is 0.642. The van der Waals surface area contributed by atoms with Gasteiger partial charge in [0.25, 0.3) is 0 Å². The average Bonchev–Trinajstić information content (AvgIpc) is 2.41. The molecular weight excluding hydrogens is 226 g/mol.